The van der Waals surface area contributed by atoms with Gasteiger partial charge in [0.15, 0.2) is 0 Å². The molecule has 1 fully saturated rings. The molecule has 1 aliphatic rings. The number of halogens is 6. The number of carboxylic acid groups (broad SMARTS) is 1. The molecule has 7 nitrogen and oxygen atoms in total. The lowest BCUT2D eigenvalue weighted by molar-refractivity contribution is -0.158. The van der Waals surface area contributed by atoms with E-state index in [0.29, 0.717) is 12.1 Å². The zero-order valence-electron chi connectivity index (χ0n) is 23.3. The molecule has 2 aromatic carbocycles. The molecule has 0 radical (unpaired) electrons. The van der Waals surface area contributed by atoms with E-state index in [9.17, 15) is 45.8 Å². The summed E-state index contributed by atoms with van der Waals surface area (Å²) in [6.45, 7) is 4.00. The number of hydrogen-bond donors (Lipinski definition) is 1. The maximum Gasteiger partial charge on any atom is 0.416 e. The van der Waals surface area contributed by atoms with Crippen LogP contribution >= 0.6 is 0 Å². The van der Waals surface area contributed by atoms with Gasteiger partial charge in [0, 0.05) is 24.2 Å². The van der Waals surface area contributed by atoms with Gasteiger partial charge in [-0.15, -0.1) is 0 Å². The van der Waals surface area contributed by atoms with Crippen molar-refractivity contribution in [2.75, 3.05) is 19.6 Å². The standard InChI is InChI=1S/C29H32F6N2O5/c1-27(2,3)42-25(40)17-36(16-24(38)39)22-9-10-37(23(15-22)11-18-7-5-4-6-8-18)26(41)19-12-20(28(30,31)32)14-21(13-19)29(33,34)35/h4-8,12-14,22-23H,9-11,15-17H2,1-3H3,(H,38,39)/t22-,23+/m0/s1. The molecule has 1 heterocycles. The SMILES string of the molecule is CC(C)(C)OC(=O)CN(CC(=O)O)[C@H]1CCN(C(=O)c2cc(C(F)(F)F)cc(C(F)(F)F)c2)[C@H](Cc2ccccc2)C1. The van der Waals surface area contributed by atoms with Gasteiger partial charge < -0.3 is 14.7 Å². The second-order valence-corrected chi connectivity index (χ2v) is 11.2. The first-order chi connectivity index (χ1) is 19.3. The van der Waals surface area contributed by atoms with Crippen LogP contribution < -0.4 is 0 Å². The minimum absolute atomic E-state index is 0.0368. The number of aliphatic carboxylic acids is 1. The van der Waals surface area contributed by atoms with E-state index >= 15 is 0 Å². The van der Waals surface area contributed by atoms with Crippen molar-refractivity contribution < 1.29 is 50.6 Å². The number of hydrogen-bond acceptors (Lipinski definition) is 5. The molecule has 0 unspecified atom stereocenters. The largest absolute Gasteiger partial charge is 0.480 e. The number of nitrogens with zero attached hydrogens (tertiary/aromatic N) is 2. The summed E-state index contributed by atoms with van der Waals surface area (Å²) >= 11 is 0. The Labute approximate surface area is 239 Å². The quantitative estimate of drug-likeness (QED) is 0.310. The molecule has 13 heteroatoms. The van der Waals surface area contributed by atoms with Crippen LogP contribution in [0, 0.1) is 0 Å². The van der Waals surface area contributed by atoms with Crippen molar-refractivity contribution in [3.05, 3.63) is 70.8 Å². The number of piperidine rings is 1. The first-order valence-electron chi connectivity index (χ1n) is 13.2. The number of carboxylic acids is 1. The van der Waals surface area contributed by atoms with Crippen LogP contribution in [0.3, 0.4) is 0 Å². The molecule has 230 valence electrons. The molecular weight excluding hydrogens is 570 g/mol. The van der Waals surface area contributed by atoms with Gasteiger partial charge in [-0.2, -0.15) is 26.3 Å². The second kappa shape index (κ2) is 12.7. The fourth-order valence-electron chi connectivity index (χ4n) is 4.98. The van der Waals surface area contributed by atoms with Gasteiger partial charge in [0.1, 0.15) is 5.60 Å². The average Bonchev–Trinajstić information content (AvgIpc) is 2.86. The van der Waals surface area contributed by atoms with E-state index in [1.807, 2.05) is 0 Å². The zero-order valence-corrected chi connectivity index (χ0v) is 23.3. The average molecular weight is 603 g/mol. The normalized spacial score (nSPS) is 18.2. The number of amides is 1. The van der Waals surface area contributed by atoms with Crippen LogP contribution in [0.25, 0.3) is 0 Å². The van der Waals surface area contributed by atoms with E-state index in [4.69, 9.17) is 4.74 Å². The Morgan fingerprint density at radius 2 is 1.50 bits per heavy atom. The van der Waals surface area contributed by atoms with Gasteiger partial charge in [0.05, 0.1) is 24.2 Å². The number of carbonyl (C=O) groups excluding carboxylic acids is 2. The van der Waals surface area contributed by atoms with Crippen LogP contribution in [0.5, 0.6) is 0 Å². The molecule has 0 aliphatic carbocycles. The fraction of sp³-hybridized carbons (Fsp3) is 0.483. The number of carbonyl (C=O) groups is 3. The Morgan fingerprint density at radius 3 is 2.00 bits per heavy atom. The molecule has 0 bridgehead atoms. The maximum atomic E-state index is 13.6. The van der Waals surface area contributed by atoms with Crippen molar-refractivity contribution in [3.63, 3.8) is 0 Å². The highest BCUT2D eigenvalue weighted by atomic mass is 19.4. The Morgan fingerprint density at radius 1 is 0.929 bits per heavy atom. The zero-order chi connectivity index (χ0) is 31.5. The molecule has 1 aliphatic heterocycles. The maximum absolute atomic E-state index is 13.6. The third kappa shape index (κ3) is 9.20. The minimum Gasteiger partial charge on any atom is -0.480 e. The van der Waals surface area contributed by atoms with Crippen LogP contribution in [-0.4, -0.2) is 70.1 Å². The Bertz CT molecular complexity index is 1240. The molecule has 2 atom stereocenters. The van der Waals surface area contributed by atoms with Crippen molar-refractivity contribution in [2.45, 2.75) is 70.1 Å². The highest BCUT2D eigenvalue weighted by molar-refractivity contribution is 5.95. The van der Waals surface area contributed by atoms with Gasteiger partial charge in [-0.3, -0.25) is 19.3 Å². The summed E-state index contributed by atoms with van der Waals surface area (Å²) in [5.41, 5.74) is -4.03. The first kappa shape index (κ1) is 32.9. The predicted octanol–water partition coefficient (Wildman–Crippen LogP) is 5.67. The van der Waals surface area contributed by atoms with Gasteiger partial charge in [-0.25, -0.2) is 0 Å². The summed E-state index contributed by atoms with van der Waals surface area (Å²) in [4.78, 5) is 40.4. The van der Waals surface area contributed by atoms with Crippen LogP contribution in [0.1, 0.15) is 60.7 Å². The van der Waals surface area contributed by atoms with Gasteiger partial charge in [0.25, 0.3) is 5.91 Å². The van der Waals surface area contributed by atoms with E-state index in [2.05, 4.69) is 0 Å². The lowest BCUT2D eigenvalue weighted by Crippen LogP contribution is -2.54. The van der Waals surface area contributed by atoms with Crippen molar-refractivity contribution in [1.29, 1.82) is 0 Å². The van der Waals surface area contributed by atoms with Gasteiger partial charge in [-0.05, 0) is 63.8 Å². The third-order valence-corrected chi connectivity index (χ3v) is 6.70. The second-order valence-electron chi connectivity index (χ2n) is 11.2. The minimum atomic E-state index is -5.12. The lowest BCUT2D eigenvalue weighted by Gasteiger charge is -2.43. The summed E-state index contributed by atoms with van der Waals surface area (Å²) in [6.07, 6.45) is -9.81. The predicted molar refractivity (Wildman–Crippen MR) is 139 cm³/mol. The summed E-state index contributed by atoms with van der Waals surface area (Å²) in [5, 5.41) is 9.49. The molecule has 1 amide bonds. The molecule has 0 saturated carbocycles. The van der Waals surface area contributed by atoms with E-state index < -0.39 is 71.1 Å². The highest BCUT2D eigenvalue weighted by Gasteiger charge is 2.40. The van der Waals surface area contributed by atoms with E-state index in [-0.39, 0.29) is 38.4 Å². The van der Waals surface area contributed by atoms with Crippen LogP contribution in [-0.2, 0) is 33.1 Å². The molecule has 0 aromatic heterocycles. The summed E-state index contributed by atoms with van der Waals surface area (Å²) in [6, 6.07) is 8.26. The summed E-state index contributed by atoms with van der Waals surface area (Å²) < 4.78 is 86.2. The smallest absolute Gasteiger partial charge is 0.416 e. The summed E-state index contributed by atoms with van der Waals surface area (Å²) in [7, 11) is 0. The monoisotopic (exact) mass is 602 g/mol. The molecule has 0 spiro atoms. The van der Waals surface area contributed by atoms with Gasteiger partial charge >= 0.3 is 24.3 Å². The first-order valence-corrected chi connectivity index (χ1v) is 13.2. The van der Waals surface area contributed by atoms with Crippen molar-refractivity contribution >= 4 is 17.8 Å². The Balaban J connectivity index is 1.96. The summed E-state index contributed by atoms with van der Waals surface area (Å²) in [5.74, 6) is -2.88. The molecular formula is C29H32F6N2O5. The highest BCUT2D eigenvalue weighted by Crippen LogP contribution is 2.37. The topological polar surface area (TPSA) is 87.2 Å². The Kier molecular flexibility index (Phi) is 9.96. The van der Waals surface area contributed by atoms with Gasteiger partial charge in [0.2, 0.25) is 0 Å². The number of ether oxygens (including phenoxy) is 1. The van der Waals surface area contributed by atoms with E-state index in [1.54, 1.807) is 51.1 Å². The molecule has 1 saturated heterocycles. The Hall–Kier alpha value is -3.61. The van der Waals surface area contributed by atoms with Crippen LogP contribution in [0.2, 0.25) is 0 Å². The molecule has 42 heavy (non-hydrogen) atoms. The molecule has 1 N–H and O–H groups in total. The van der Waals surface area contributed by atoms with Crippen molar-refractivity contribution in [1.82, 2.24) is 9.80 Å². The number of benzene rings is 2. The van der Waals surface area contributed by atoms with Crippen molar-refractivity contribution in [3.8, 4) is 0 Å². The third-order valence-electron chi connectivity index (χ3n) is 6.70. The lowest BCUT2D eigenvalue weighted by atomic mass is 9.90. The molecule has 2 aromatic rings. The van der Waals surface area contributed by atoms with Crippen LogP contribution in [0.4, 0.5) is 26.3 Å². The molecule has 3 rings (SSSR count). The number of alkyl halides is 6. The number of likely N-dealkylation sites (tertiary alicyclic amines) is 1. The van der Waals surface area contributed by atoms with Crippen LogP contribution in [0.15, 0.2) is 48.5 Å². The van der Waals surface area contributed by atoms with E-state index in [0.717, 1.165) is 5.56 Å². The number of rotatable bonds is 8. The van der Waals surface area contributed by atoms with Crippen molar-refractivity contribution in [2.24, 2.45) is 0 Å². The number of esters is 1. The fourth-order valence-corrected chi connectivity index (χ4v) is 4.98. The van der Waals surface area contributed by atoms with Gasteiger partial charge in [-0.1, -0.05) is 30.3 Å². The van der Waals surface area contributed by atoms with E-state index in [1.165, 1.54) is 9.80 Å².